The maximum absolute atomic E-state index is 12.0. The number of hydrogen-bond donors (Lipinski definition) is 1. The van der Waals surface area contributed by atoms with E-state index in [-0.39, 0.29) is 18.3 Å². The molecule has 19 heavy (non-hydrogen) atoms. The Bertz CT molecular complexity index is 513. The highest BCUT2D eigenvalue weighted by atomic mass is 32.1. The number of hydrogen-bond acceptors (Lipinski definition) is 5. The van der Waals surface area contributed by atoms with Gasteiger partial charge in [-0.3, -0.25) is 9.59 Å². The summed E-state index contributed by atoms with van der Waals surface area (Å²) >= 11 is 1.40. The molecule has 0 saturated heterocycles. The summed E-state index contributed by atoms with van der Waals surface area (Å²) < 4.78 is 4.53. The van der Waals surface area contributed by atoms with Crippen molar-refractivity contribution in [1.82, 2.24) is 4.90 Å². The van der Waals surface area contributed by atoms with Gasteiger partial charge < -0.3 is 15.4 Å². The lowest BCUT2D eigenvalue weighted by Crippen LogP contribution is -2.28. The summed E-state index contributed by atoms with van der Waals surface area (Å²) in [5, 5.41) is 1.75. The Morgan fingerprint density at radius 1 is 1.53 bits per heavy atom. The summed E-state index contributed by atoms with van der Waals surface area (Å²) in [6.07, 6.45) is 0.183. The van der Waals surface area contributed by atoms with Crippen molar-refractivity contribution in [2.45, 2.75) is 6.42 Å². The summed E-state index contributed by atoms with van der Waals surface area (Å²) in [7, 11) is 2.97. The molecule has 0 aromatic carbocycles. The Balaban J connectivity index is 2.61. The molecule has 5 nitrogen and oxygen atoms in total. The van der Waals surface area contributed by atoms with Crippen LogP contribution in [0.15, 0.2) is 11.4 Å². The van der Waals surface area contributed by atoms with Gasteiger partial charge in [-0.1, -0.05) is 11.8 Å². The van der Waals surface area contributed by atoms with Gasteiger partial charge in [-0.25, -0.2) is 0 Å². The van der Waals surface area contributed by atoms with Gasteiger partial charge in [0.2, 0.25) is 0 Å². The van der Waals surface area contributed by atoms with Crippen molar-refractivity contribution in [2.24, 2.45) is 5.73 Å². The molecule has 0 atom stereocenters. The predicted octanol–water partition coefficient (Wildman–Crippen LogP) is 0.693. The van der Waals surface area contributed by atoms with E-state index in [1.807, 2.05) is 0 Å². The van der Waals surface area contributed by atoms with Crippen LogP contribution < -0.4 is 5.73 Å². The second-order valence-corrected chi connectivity index (χ2v) is 4.67. The second-order valence-electron chi connectivity index (χ2n) is 3.76. The van der Waals surface area contributed by atoms with Crippen LogP contribution in [0.1, 0.15) is 21.7 Å². The molecule has 0 aliphatic heterocycles. The summed E-state index contributed by atoms with van der Waals surface area (Å²) in [4.78, 5) is 25.3. The molecule has 0 aliphatic carbocycles. The Kier molecular flexibility index (Phi) is 6.06. The van der Waals surface area contributed by atoms with Gasteiger partial charge >= 0.3 is 5.97 Å². The van der Waals surface area contributed by atoms with Gasteiger partial charge in [0, 0.05) is 19.0 Å². The quantitative estimate of drug-likeness (QED) is 0.650. The van der Waals surface area contributed by atoms with Crippen molar-refractivity contribution in [1.29, 1.82) is 0 Å². The summed E-state index contributed by atoms with van der Waals surface area (Å²) in [5.74, 6) is 5.14. The number of esters is 1. The smallest absolute Gasteiger partial charge is 0.307 e. The normalized spacial score (nSPS) is 9.42. The highest BCUT2D eigenvalue weighted by Gasteiger charge is 2.14. The molecular weight excluding hydrogens is 264 g/mol. The Labute approximate surface area is 116 Å². The molecule has 6 heteroatoms. The summed E-state index contributed by atoms with van der Waals surface area (Å²) in [5.41, 5.74) is 5.85. The van der Waals surface area contributed by atoms with E-state index in [1.54, 1.807) is 18.5 Å². The number of methoxy groups -OCH3 is 1. The van der Waals surface area contributed by atoms with E-state index < -0.39 is 0 Å². The van der Waals surface area contributed by atoms with Crippen LogP contribution in [0, 0.1) is 11.8 Å². The second kappa shape index (κ2) is 7.56. The van der Waals surface area contributed by atoms with Crippen LogP contribution in [0.4, 0.5) is 0 Å². The van der Waals surface area contributed by atoms with Gasteiger partial charge in [-0.2, -0.15) is 0 Å². The van der Waals surface area contributed by atoms with Gasteiger partial charge in [0.1, 0.15) is 0 Å². The minimum absolute atomic E-state index is 0.138. The molecule has 0 fully saturated rings. The van der Waals surface area contributed by atoms with Crippen molar-refractivity contribution in [3.8, 4) is 11.8 Å². The van der Waals surface area contributed by atoms with E-state index in [9.17, 15) is 9.59 Å². The highest BCUT2D eigenvalue weighted by molar-refractivity contribution is 7.10. The van der Waals surface area contributed by atoms with Gasteiger partial charge in [-0.05, 0) is 6.07 Å². The number of carbonyl (C=O) groups excluding carboxylic acids is 2. The van der Waals surface area contributed by atoms with Gasteiger partial charge in [0.15, 0.2) is 0 Å². The largest absolute Gasteiger partial charge is 0.469 e. The standard InChI is InChI=1S/C13H16N2O3S/c1-15(7-5-12(16)18-2)13(17)10-8-11(19-9-10)4-3-6-14/h8-9H,5-7,14H2,1-2H3. The lowest BCUT2D eigenvalue weighted by molar-refractivity contribution is -0.140. The van der Waals surface area contributed by atoms with Crippen molar-refractivity contribution >= 4 is 23.2 Å². The number of amides is 1. The topological polar surface area (TPSA) is 72.6 Å². The summed E-state index contributed by atoms with van der Waals surface area (Å²) in [6, 6.07) is 1.73. The third kappa shape index (κ3) is 4.73. The maximum atomic E-state index is 12.0. The number of thiophene rings is 1. The minimum atomic E-state index is -0.334. The average molecular weight is 280 g/mol. The fraction of sp³-hybridized carbons (Fsp3) is 0.385. The van der Waals surface area contributed by atoms with Crippen LogP contribution in [-0.4, -0.2) is 44.0 Å². The zero-order chi connectivity index (χ0) is 14.3. The van der Waals surface area contributed by atoms with Gasteiger partial charge in [0.05, 0.1) is 30.5 Å². The number of nitrogens with two attached hydrogens (primary N) is 1. The molecule has 1 rings (SSSR count). The van der Waals surface area contributed by atoms with E-state index in [4.69, 9.17) is 5.73 Å². The highest BCUT2D eigenvalue weighted by Crippen LogP contribution is 2.15. The monoisotopic (exact) mass is 280 g/mol. The van der Waals surface area contributed by atoms with Crippen LogP contribution in [0.3, 0.4) is 0 Å². The number of carbonyl (C=O) groups is 2. The van der Waals surface area contributed by atoms with Crippen LogP contribution in [-0.2, 0) is 9.53 Å². The Hall–Kier alpha value is -1.84. The third-order valence-electron chi connectivity index (χ3n) is 2.39. The van der Waals surface area contributed by atoms with Crippen LogP contribution in [0.25, 0.3) is 0 Å². The van der Waals surface area contributed by atoms with E-state index in [1.165, 1.54) is 23.3 Å². The Morgan fingerprint density at radius 3 is 2.89 bits per heavy atom. The average Bonchev–Trinajstić information content (AvgIpc) is 2.89. The van der Waals surface area contributed by atoms with Crippen molar-refractivity contribution in [2.75, 3.05) is 27.2 Å². The van der Waals surface area contributed by atoms with Crippen LogP contribution in [0.2, 0.25) is 0 Å². The first-order chi connectivity index (χ1) is 9.08. The molecular formula is C13H16N2O3S. The molecule has 102 valence electrons. The van der Waals surface area contributed by atoms with Gasteiger partial charge in [0.25, 0.3) is 5.91 Å². The van der Waals surface area contributed by atoms with Crippen LogP contribution in [0.5, 0.6) is 0 Å². The molecule has 0 radical (unpaired) electrons. The van der Waals surface area contributed by atoms with Crippen molar-refractivity contribution in [3.63, 3.8) is 0 Å². The number of rotatable bonds is 4. The van der Waals surface area contributed by atoms with Crippen LogP contribution >= 0.6 is 11.3 Å². The molecule has 2 N–H and O–H groups in total. The fourth-order valence-electron chi connectivity index (χ4n) is 1.34. The molecule has 1 amide bonds. The molecule has 0 aliphatic rings. The van der Waals surface area contributed by atoms with Gasteiger partial charge in [-0.15, -0.1) is 11.3 Å². The fourth-order valence-corrected chi connectivity index (χ4v) is 2.08. The van der Waals surface area contributed by atoms with E-state index in [2.05, 4.69) is 16.6 Å². The number of nitrogens with zero attached hydrogens (tertiary/aromatic N) is 1. The molecule has 0 unspecified atom stereocenters. The zero-order valence-electron chi connectivity index (χ0n) is 10.9. The number of ether oxygens (including phenoxy) is 1. The first kappa shape index (κ1) is 15.2. The predicted molar refractivity (Wildman–Crippen MR) is 73.8 cm³/mol. The Morgan fingerprint density at radius 2 is 2.26 bits per heavy atom. The molecule has 1 heterocycles. The van der Waals surface area contributed by atoms with Crippen molar-refractivity contribution in [3.05, 3.63) is 21.9 Å². The SMILES string of the molecule is COC(=O)CCN(C)C(=O)c1csc(C#CCN)c1. The maximum Gasteiger partial charge on any atom is 0.307 e. The summed E-state index contributed by atoms with van der Waals surface area (Å²) in [6.45, 7) is 0.616. The zero-order valence-corrected chi connectivity index (χ0v) is 11.8. The first-order valence-corrected chi connectivity index (χ1v) is 6.56. The molecule has 1 aromatic rings. The van der Waals surface area contributed by atoms with Crippen molar-refractivity contribution < 1.29 is 14.3 Å². The van der Waals surface area contributed by atoms with E-state index in [0.717, 1.165) is 4.88 Å². The van der Waals surface area contributed by atoms with E-state index >= 15 is 0 Å². The van der Waals surface area contributed by atoms with E-state index in [0.29, 0.717) is 18.7 Å². The third-order valence-corrected chi connectivity index (χ3v) is 3.23. The first-order valence-electron chi connectivity index (χ1n) is 5.68. The molecule has 0 spiro atoms. The lowest BCUT2D eigenvalue weighted by atomic mass is 10.2. The molecule has 0 saturated carbocycles. The molecule has 1 aromatic heterocycles. The molecule has 0 bridgehead atoms. The lowest BCUT2D eigenvalue weighted by Gasteiger charge is -2.15. The minimum Gasteiger partial charge on any atom is -0.469 e.